The maximum atomic E-state index is 13.3. The molecule has 0 spiro atoms. The van der Waals surface area contributed by atoms with E-state index in [1.807, 2.05) is 0 Å². The van der Waals surface area contributed by atoms with Crippen LogP contribution >= 0.6 is 0 Å². The van der Waals surface area contributed by atoms with Gasteiger partial charge in [-0.3, -0.25) is 4.79 Å². The Bertz CT molecular complexity index is 473. The summed E-state index contributed by atoms with van der Waals surface area (Å²) in [7, 11) is 0. The fourth-order valence-corrected chi connectivity index (χ4v) is 2.00. The van der Waals surface area contributed by atoms with Crippen LogP contribution in [0.15, 0.2) is 12.1 Å². The van der Waals surface area contributed by atoms with Crippen molar-refractivity contribution in [3.63, 3.8) is 0 Å². The number of hydrogen-bond donors (Lipinski definition) is 1. The lowest BCUT2D eigenvalue weighted by Gasteiger charge is -2.22. The highest BCUT2D eigenvalue weighted by Crippen LogP contribution is 2.21. The summed E-state index contributed by atoms with van der Waals surface area (Å²) in [6, 6.07) is 1.76. The van der Waals surface area contributed by atoms with E-state index in [1.54, 1.807) is 0 Å². The van der Waals surface area contributed by atoms with E-state index >= 15 is 0 Å². The number of carbonyl (C=O) groups is 1. The van der Waals surface area contributed by atoms with Crippen molar-refractivity contribution in [3.8, 4) is 0 Å². The third kappa shape index (κ3) is 3.47. The lowest BCUT2D eigenvalue weighted by atomic mass is 10.1. The highest BCUT2D eigenvalue weighted by molar-refractivity contribution is 5.91. The third-order valence-corrected chi connectivity index (χ3v) is 3.00. The van der Waals surface area contributed by atoms with Gasteiger partial charge in [0.15, 0.2) is 17.5 Å². The fraction of sp³-hybridized carbons (Fsp3) is 0.462. The van der Waals surface area contributed by atoms with Crippen LogP contribution in [0.25, 0.3) is 0 Å². The van der Waals surface area contributed by atoms with Gasteiger partial charge in [0.2, 0.25) is 5.91 Å². The van der Waals surface area contributed by atoms with Gasteiger partial charge in [0, 0.05) is 6.61 Å². The summed E-state index contributed by atoms with van der Waals surface area (Å²) in [5.74, 6) is -4.74. The lowest BCUT2D eigenvalue weighted by molar-refractivity contribution is -0.119. The highest BCUT2D eigenvalue weighted by Gasteiger charge is 2.20. The molecule has 1 N–H and O–H groups in total. The number of benzene rings is 1. The number of amides is 1. The molecule has 0 aromatic heterocycles. The summed E-state index contributed by atoms with van der Waals surface area (Å²) < 4.78 is 44.4. The van der Waals surface area contributed by atoms with Crippen molar-refractivity contribution in [2.45, 2.75) is 31.8 Å². The summed E-state index contributed by atoms with van der Waals surface area (Å²) in [6.45, 7) is 0.609. The molecule has 1 atom stereocenters. The van der Waals surface area contributed by atoms with Crippen molar-refractivity contribution in [2.75, 3.05) is 11.9 Å². The van der Waals surface area contributed by atoms with Crippen LogP contribution in [0.4, 0.5) is 18.9 Å². The molecule has 1 aliphatic rings. The molecule has 0 radical (unpaired) electrons. The van der Waals surface area contributed by atoms with E-state index in [9.17, 15) is 18.0 Å². The number of hydrogen-bond acceptors (Lipinski definition) is 2. The van der Waals surface area contributed by atoms with Crippen molar-refractivity contribution in [1.82, 2.24) is 0 Å². The van der Waals surface area contributed by atoms with E-state index in [0.717, 1.165) is 31.4 Å². The van der Waals surface area contributed by atoms with Crippen molar-refractivity contribution < 1.29 is 22.7 Å². The van der Waals surface area contributed by atoms with E-state index in [1.165, 1.54) is 0 Å². The van der Waals surface area contributed by atoms with Gasteiger partial charge in [-0.2, -0.15) is 0 Å². The minimum Gasteiger partial charge on any atom is -0.378 e. The minimum absolute atomic E-state index is 0.0818. The Morgan fingerprint density at radius 2 is 2.05 bits per heavy atom. The number of ether oxygens (including phenoxy) is 1. The number of halogens is 3. The van der Waals surface area contributed by atoms with Gasteiger partial charge in [-0.1, -0.05) is 0 Å². The van der Waals surface area contributed by atoms with Gasteiger partial charge in [0.1, 0.15) is 0 Å². The first kappa shape index (κ1) is 13.9. The molecule has 0 aliphatic carbocycles. The minimum atomic E-state index is -1.59. The molecule has 1 aromatic rings. The normalized spacial score (nSPS) is 19.2. The van der Waals surface area contributed by atoms with Gasteiger partial charge in [0.25, 0.3) is 0 Å². The maximum absolute atomic E-state index is 13.3. The van der Waals surface area contributed by atoms with E-state index in [4.69, 9.17) is 4.74 Å². The van der Waals surface area contributed by atoms with E-state index in [0.29, 0.717) is 6.61 Å². The first-order valence-electron chi connectivity index (χ1n) is 6.13. The molecule has 19 heavy (non-hydrogen) atoms. The van der Waals surface area contributed by atoms with Crippen LogP contribution in [0.2, 0.25) is 0 Å². The van der Waals surface area contributed by atoms with Crippen molar-refractivity contribution >= 4 is 11.6 Å². The molecule has 104 valence electrons. The van der Waals surface area contributed by atoms with Crippen LogP contribution in [0.3, 0.4) is 0 Å². The molecule has 1 amide bonds. The monoisotopic (exact) mass is 273 g/mol. The Morgan fingerprint density at radius 1 is 1.26 bits per heavy atom. The predicted molar refractivity (Wildman–Crippen MR) is 63.2 cm³/mol. The summed E-state index contributed by atoms with van der Waals surface area (Å²) in [5, 5.41) is 2.22. The first-order chi connectivity index (χ1) is 9.08. The molecule has 1 fully saturated rings. The Kier molecular flexibility index (Phi) is 4.42. The van der Waals surface area contributed by atoms with Gasteiger partial charge in [-0.15, -0.1) is 0 Å². The van der Waals surface area contributed by atoms with Crippen molar-refractivity contribution in [3.05, 3.63) is 29.6 Å². The molecule has 3 nitrogen and oxygen atoms in total. The number of carbonyl (C=O) groups excluding carboxylic acids is 1. The van der Waals surface area contributed by atoms with Crippen LogP contribution in [-0.2, 0) is 9.53 Å². The first-order valence-corrected chi connectivity index (χ1v) is 6.13. The molecule has 0 bridgehead atoms. The topological polar surface area (TPSA) is 38.3 Å². The quantitative estimate of drug-likeness (QED) is 0.860. The Morgan fingerprint density at radius 3 is 2.74 bits per heavy atom. The standard InChI is InChI=1S/C13H14F3NO2/c14-9-4-5-10(13(16)12(9)15)17-11(18)7-8-3-1-2-6-19-8/h4-5,8H,1-3,6-7H2,(H,17,18). The van der Waals surface area contributed by atoms with Crippen LogP contribution in [0.5, 0.6) is 0 Å². The van der Waals surface area contributed by atoms with E-state index in [2.05, 4.69) is 5.32 Å². The molecule has 1 aromatic carbocycles. The number of rotatable bonds is 3. The summed E-state index contributed by atoms with van der Waals surface area (Å²) in [5.41, 5.74) is -0.361. The molecular formula is C13H14F3NO2. The van der Waals surface area contributed by atoms with Gasteiger partial charge < -0.3 is 10.1 Å². The van der Waals surface area contributed by atoms with E-state index < -0.39 is 23.4 Å². The predicted octanol–water partition coefficient (Wildman–Crippen LogP) is 3.00. The fourth-order valence-electron chi connectivity index (χ4n) is 2.00. The zero-order valence-corrected chi connectivity index (χ0v) is 10.2. The number of nitrogens with one attached hydrogen (secondary N) is 1. The molecule has 1 aliphatic heterocycles. The smallest absolute Gasteiger partial charge is 0.227 e. The molecule has 6 heteroatoms. The molecule has 1 saturated heterocycles. The molecular weight excluding hydrogens is 259 g/mol. The molecule has 1 unspecified atom stereocenters. The van der Waals surface area contributed by atoms with Gasteiger partial charge in [-0.05, 0) is 31.4 Å². The summed E-state index contributed by atoms with van der Waals surface area (Å²) in [6.07, 6.45) is 2.61. The lowest BCUT2D eigenvalue weighted by Crippen LogP contribution is -2.26. The van der Waals surface area contributed by atoms with Crippen LogP contribution in [-0.4, -0.2) is 18.6 Å². The van der Waals surface area contributed by atoms with Crippen molar-refractivity contribution in [2.24, 2.45) is 0 Å². The van der Waals surface area contributed by atoms with Gasteiger partial charge >= 0.3 is 0 Å². The zero-order valence-electron chi connectivity index (χ0n) is 10.2. The second kappa shape index (κ2) is 6.06. The van der Waals surface area contributed by atoms with Crippen LogP contribution in [0.1, 0.15) is 25.7 Å². The Labute approximate surface area is 108 Å². The van der Waals surface area contributed by atoms with Gasteiger partial charge in [-0.25, -0.2) is 13.2 Å². The van der Waals surface area contributed by atoms with Gasteiger partial charge in [0.05, 0.1) is 18.2 Å². The second-order valence-corrected chi connectivity index (χ2v) is 4.46. The second-order valence-electron chi connectivity index (χ2n) is 4.46. The SMILES string of the molecule is O=C(CC1CCCCO1)Nc1ccc(F)c(F)c1F. The number of anilines is 1. The van der Waals surface area contributed by atoms with Crippen LogP contribution in [0, 0.1) is 17.5 Å². The molecule has 0 saturated carbocycles. The zero-order chi connectivity index (χ0) is 13.8. The third-order valence-electron chi connectivity index (χ3n) is 3.00. The summed E-state index contributed by atoms with van der Waals surface area (Å²) in [4.78, 5) is 11.7. The average molecular weight is 273 g/mol. The molecule has 1 heterocycles. The largest absolute Gasteiger partial charge is 0.378 e. The Balaban J connectivity index is 1.97. The van der Waals surface area contributed by atoms with E-state index in [-0.39, 0.29) is 18.2 Å². The Hall–Kier alpha value is -1.56. The average Bonchev–Trinajstić information content (AvgIpc) is 2.41. The maximum Gasteiger partial charge on any atom is 0.227 e. The van der Waals surface area contributed by atoms with Crippen LogP contribution < -0.4 is 5.32 Å². The highest BCUT2D eigenvalue weighted by atomic mass is 19.2. The van der Waals surface area contributed by atoms with Crippen molar-refractivity contribution in [1.29, 1.82) is 0 Å². The summed E-state index contributed by atoms with van der Waals surface area (Å²) >= 11 is 0. The molecule has 2 rings (SSSR count).